The second kappa shape index (κ2) is 7.48. The summed E-state index contributed by atoms with van der Waals surface area (Å²) in [5.74, 6) is -2.32. The molecule has 1 heterocycles. The largest absolute Gasteiger partial charge is 0.361 e. The van der Waals surface area contributed by atoms with Gasteiger partial charge in [-0.3, -0.25) is 9.59 Å². The van der Waals surface area contributed by atoms with Crippen molar-refractivity contribution < 1.29 is 14.0 Å². The number of halogens is 2. The van der Waals surface area contributed by atoms with Gasteiger partial charge in [0, 0.05) is 28.1 Å². The van der Waals surface area contributed by atoms with E-state index in [1.807, 2.05) is 30.5 Å². The Morgan fingerprint density at radius 1 is 1.12 bits per heavy atom. The summed E-state index contributed by atoms with van der Waals surface area (Å²) >= 11 is 3.13. The van der Waals surface area contributed by atoms with E-state index in [4.69, 9.17) is 0 Å². The number of aromatic nitrogens is 1. The number of aromatic amines is 1. The molecule has 1 aromatic heterocycles. The van der Waals surface area contributed by atoms with Crippen LogP contribution < -0.4 is 10.6 Å². The molecular weight excluding hydrogens is 389 g/mol. The zero-order valence-corrected chi connectivity index (χ0v) is 14.7. The van der Waals surface area contributed by atoms with Crippen molar-refractivity contribution in [3.8, 4) is 0 Å². The van der Waals surface area contributed by atoms with Crippen LogP contribution in [-0.2, 0) is 16.0 Å². The molecule has 3 aromatic rings. The summed E-state index contributed by atoms with van der Waals surface area (Å²) in [7, 11) is 0. The molecule has 2 aromatic carbocycles. The van der Waals surface area contributed by atoms with Gasteiger partial charge < -0.3 is 15.6 Å². The molecule has 0 aliphatic heterocycles. The molecule has 0 atom stereocenters. The molecule has 3 N–H and O–H groups in total. The summed E-state index contributed by atoms with van der Waals surface area (Å²) in [5, 5.41) is 5.88. The Morgan fingerprint density at radius 2 is 1.92 bits per heavy atom. The van der Waals surface area contributed by atoms with Crippen LogP contribution in [-0.4, -0.2) is 23.3 Å². The number of hydrogen-bond acceptors (Lipinski definition) is 2. The highest BCUT2D eigenvalue weighted by Crippen LogP contribution is 2.19. The molecule has 0 saturated heterocycles. The summed E-state index contributed by atoms with van der Waals surface area (Å²) in [6.07, 6.45) is 2.46. The van der Waals surface area contributed by atoms with Crippen molar-refractivity contribution in [1.82, 2.24) is 10.3 Å². The lowest BCUT2D eigenvalue weighted by atomic mass is 10.1. The molecule has 0 aliphatic rings. The SMILES string of the molecule is O=C(NCCc1c[nH]c2ccccc12)C(=O)Nc1ccc(Br)cc1F. The van der Waals surface area contributed by atoms with Crippen LogP contribution in [0.15, 0.2) is 53.1 Å². The van der Waals surface area contributed by atoms with Crippen LogP contribution in [0.2, 0.25) is 0 Å². The van der Waals surface area contributed by atoms with Crippen molar-refractivity contribution in [3.05, 3.63) is 64.5 Å². The maximum absolute atomic E-state index is 13.7. The van der Waals surface area contributed by atoms with Gasteiger partial charge in [0.05, 0.1) is 5.69 Å². The Bertz CT molecular complexity index is 939. The third-order valence-corrected chi connectivity index (χ3v) is 4.23. The van der Waals surface area contributed by atoms with Gasteiger partial charge in [0.1, 0.15) is 5.82 Å². The normalized spacial score (nSPS) is 10.6. The van der Waals surface area contributed by atoms with Crippen LogP contribution in [0.1, 0.15) is 5.56 Å². The lowest BCUT2D eigenvalue weighted by Crippen LogP contribution is -2.36. The van der Waals surface area contributed by atoms with E-state index in [9.17, 15) is 14.0 Å². The molecule has 0 fully saturated rings. The number of carbonyl (C=O) groups is 2. The first-order valence-corrected chi connectivity index (χ1v) is 8.43. The van der Waals surface area contributed by atoms with Gasteiger partial charge >= 0.3 is 11.8 Å². The number of nitrogens with one attached hydrogen (secondary N) is 3. The average Bonchev–Trinajstić information content (AvgIpc) is 3.00. The molecule has 2 amide bonds. The maximum Gasteiger partial charge on any atom is 0.313 e. The van der Waals surface area contributed by atoms with Gasteiger partial charge in [-0.05, 0) is 36.2 Å². The molecule has 0 spiro atoms. The van der Waals surface area contributed by atoms with Crippen LogP contribution in [0, 0.1) is 5.82 Å². The quantitative estimate of drug-likeness (QED) is 0.584. The number of hydrogen-bond donors (Lipinski definition) is 3. The minimum absolute atomic E-state index is 0.0417. The van der Waals surface area contributed by atoms with Crippen LogP contribution in [0.5, 0.6) is 0 Å². The molecule has 0 radical (unpaired) electrons. The van der Waals surface area contributed by atoms with Crippen molar-refractivity contribution in [2.75, 3.05) is 11.9 Å². The van der Waals surface area contributed by atoms with E-state index in [-0.39, 0.29) is 5.69 Å². The summed E-state index contributed by atoms with van der Waals surface area (Å²) in [5.41, 5.74) is 2.03. The fourth-order valence-corrected chi connectivity index (χ4v) is 2.83. The Hall–Kier alpha value is -2.67. The van der Waals surface area contributed by atoms with Crippen molar-refractivity contribution >= 4 is 44.3 Å². The van der Waals surface area contributed by atoms with Gasteiger partial charge in [0.25, 0.3) is 0 Å². The van der Waals surface area contributed by atoms with Crippen molar-refractivity contribution in [2.24, 2.45) is 0 Å². The van der Waals surface area contributed by atoms with E-state index in [1.165, 1.54) is 12.1 Å². The van der Waals surface area contributed by atoms with E-state index in [0.29, 0.717) is 17.4 Å². The highest BCUT2D eigenvalue weighted by atomic mass is 79.9. The predicted molar refractivity (Wildman–Crippen MR) is 97.7 cm³/mol. The smallest absolute Gasteiger partial charge is 0.313 e. The van der Waals surface area contributed by atoms with E-state index in [0.717, 1.165) is 16.5 Å². The number of para-hydroxylation sites is 1. The molecule has 25 heavy (non-hydrogen) atoms. The highest BCUT2D eigenvalue weighted by Gasteiger charge is 2.15. The molecule has 5 nitrogen and oxygen atoms in total. The number of carbonyl (C=O) groups excluding carboxylic acids is 2. The fourth-order valence-electron chi connectivity index (χ4n) is 2.50. The van der Waals surface area contributed by atoms with E-state index in [2.05, 4.69) is 31.5 Å². The molecular formula is C18H15BrFN3O2. The number of H-pyrrole nitrogens is 1. The van der Waals surface area contributed by atoms with Crippen LogP contribution >= 0.6 is 15.9 Å². The summed E-state index contributed by atoms with van der Waals surface area (Å²) in [4.78, 5) is 26.9. The molecule has 3 rings (SSSR count). The third kappa shape index (κ3) is 4.06. The van der Waals surface area contributed by atoms with E-state index in [1.54, 1.807) is 6.07 Å². The van der Waals surface area contributed by atoms with Gasteiger partial charge in [-0.1, -0.05) is 34.1 Å². The van der Waals surface area contributed by atoms with Crippen LogP contribution in [0.3, 0.4) is 0 Å². The minimum Gasteiger partial charge on any atom is -0.361 e. The van der Waals surface area contributed by atoms with E-state index < -0.39 is 17.6 Å². The first-order chi connectivity index (χ1) is 12.0. The number of fused-ring (bicyclic) bond motifs is 1. The average molecular weight is 404 g/mol. The molecule has 7 heteroatoms. The Kier molecular flexibility index (Phi) is 5.14. The van der Waals surface area contributed by atoms with Crippen molar-refractivity contribution in [1.29, 1.82) is 0 Å². The van der Waals surface area contributed by atoms with Crippen molar-refractivity contribution in [2.45, 2.75) is 6.42 Å². The summed E-state index contributed by atoms with van der Waals surface area (Å²) in [6, 6.07) is 12.0. The predicted octanol–water partition coefficient (Wildman–Crippen LogP) is 3.37. The topological polar surface area (TPSA) is 74.0 Å². The second-order valence-electron chi connectivity index (χ2n) is 5.44. The summed E-state index contributed by atoms with van der Waals surface area (Å²) < 4.78 is 14.2. The summed E-state index contributed by atoms with van der Waals surface area (Å²) in [6.45, 7) is 0.303. The van der Waals surface area contributed by atoms with Crippen molar-refractivity contribution in [3.63, 3.8) is 0 Å². The molecule has 0 aliphatic carbocycles. The van der Waals surface area contributed by atoms with Crippen LogP contribution in [0.25, 0.3) is 10.9 Å². The number of rotatable bonds is 4. The molecule has 128 valence electrons. The first-order valence-electron chi connectivity index (χ1n) is 7.64. The number of amides is 2. The maximum atomic E-state index is 13.7. The Labute approximate surface area is 151 Å². The number of anilines is 1. The van der Waals surface area contributed by atoms with Gasteiger partial charge in [-0.25, -0.2) is 4.39 Å². The van der Waals surface area contributed by atoms with Gasteiger partial charge in [0.2, 0.25) is 0 Å². The molecule has 0 bridgehead atoms. The zero-order chi connectivity index (χ0) is 17.8. The standard InChI is InChI=1S/C18H15BrFN3O2/c19-12-5-6-16(14(20)9-12)23-18(25)17(24)21-8-7-11-10-22-15-4-2-1-3-13(11)15/h1-6,9-10,22H,7-8H2,(H,21,24)(H,23,25). The Balaban J connectivity index is 1.54. The monoisotopic (exact) mass is 403 g/mol. The number of benzene rings is 2. The van der Waals surface area contributed by atoms with Gasteiger partial charge in [0.15, 0.2) is 0 Å². The lowest BCUT2D eigenvalue weighted by Gasteiger charge is -2.07. The lowest BCUT2D eigenvalue weighted by molar-refractivity contribution is -0.136. The van der Waals surface area contributed by atoms with Gasteiger partial charge in [-0.15, -0.1) is 0 Å². The third-order valence-electron chi connectivity index (χ3n) is 3.74. The highest BCUT2D eigenvalue weighted by molar-refractivity contribution is 9.10. The minimum atomic E-state index is -0.903. The Morgan fingerprint density at radius 3 is 2.72 bits per heavy atom. The first kappa shape index (κ1) is 17.2. The molecule has 0 unspecified atom stereocenters. The molecule has 0 saturated carbocycles. The second-order valence-corrected chi connectivity index (χ2v) is 6.36. The van der Waals surface area contributed by atoms with Crippen LogP contribution in [0.4, 0.5) is 10.1 Å². The zero-order valence-electron chi connectivity index (χ0n) is 13.1. The van der Waals surface area contributed by atoms with E-state index >= 15 is 0 Å². The fraction of sp³-hybridized carbons (Fsp3) is 0.111. The van der Waals surface area contributed by atoms with Gasteiger partial charge in [-0.2, -0.15) is 0 Å².